The molecule has 86 valence electrons. The molecule has 0 bridgehead atoms. The van der Waals surface area contributed by atoms with Gasteiger partial charge >= 0.3 is 0 Å². The van der Waals surface area contributed by atoms with Crippen molar-refractivity contribution in [2.24, 2.45) is 5.92 Å². The minimum Gasteiger partial charge on any atom is -0.350 e. The van der Waals surface area contributed by atoms with Crippen LogP contribution in [-0.4, -0.2) is 10.6 Å². The van der Waals surface area contributed by atoms with E-state index in [-0.39, 0.29) is 0 Å². The standard InChI is InChI=1S/C13H24N2/c1-5-12(4)10-15-8-6-7-13(15)9-14-11(2)3/h6-8,11-12,14H,5,9-10H2,1-4H3. The maximum atomic E-state index is 3.46. The van der Waals surface area contributed by atoms with Crippen LogP contribution in [0.5, 0.6) is 0 Å². The Bertz CT molecular complexity index is 276. The molecule has 1 unspecified atom stereocenters. The molecule has 0 amide bonds. The van der Waals surface area contributed by atoms with Crippen LogP contribution in [0, 0.1) is 5.92 Å². The fourth-order valence-electron chi connectivity index (χ4n) is 1.56. The van der Waals surface area contributed by atoms with Crippen molar-refractivity contribution >= 4 is 0 Å². The first-order valence-electron chi connectivity index (χ1n) is 6.00. The van der Waals surface area contributed by atoms with Gasteiger partial charge in [-0.05, 0) is 18.1 Å². The monoisotopic (exact) mass is 208 g/mol. The third-order valence-electron chi connectivity index (χ3n) is 2.82. The molecule has 0 saturated heterocycles. The predicted molar refractivity (Wildman–Crippen MR) is 65.9 cm³/mol. The molecular weight excluding hydrogens is 184 g/mol. The topological polar surface area (TPSA) is 17.0 Å². The molecule has 0 fully saturated rings. The van der Waals surface area contributed by atoms with Crippen LogP contribution in [0.1, 0.15) is 39.8 Å². The summed E-state index contributed by atoms with van der Waals surface area (Å²) in [5.41, 5.74) is 1.39. The van der Waals surface area contributed by atoms with E-state index in [0.29, 0.717) is 6.04 Å². The number of hydrogen-bond donors (Lipinski definition) is 1. The summed E-state index contributed by atoms with van der Waals surface area (Å²) < 4.78 is 2.36. The normalized spacial score (nSPS) is 13.4. The van der Waals surface area contributed by atoms with Crippen LogP contribution in [-0.2, 0) is 13.1 Å². The van der Waals surface area contributed by atoms with Crippen molar-refractivity contribution in [3.05, 3.63) is 24.0 Å². The highest BCUT2D eigenvalue weighted by Gasteiger charge is 2.04. The van der Waals surface area contributed by atoms with Crippen LogP contribution in [0.2, 0.25) is 0 Å². The van der Waals surface area contributed by atoms with Gasteiger partial charge in [0.15, 0.2) is 0 Å². The Hall–Kier alpha value is -0.760. The summed E-state index contributed by atoms with van der Waals surface area (Å²) in [6, 6.07) is 4.90. The van der Waals surface area contributed by atoms with Crippen molar-refractivity contribution < 1.29 is 0 Å². The average Bonchev–Trinajstić information content (AvgIpc) is 2.62. The first-order chi connectivity index (χ1) is 7.13. The minimum atomic E-state index is 0.553. The number of hydrogen-bond acceptors (Lipinski definition) is 1. The molecule has 1 aromatic rings. The van der Waals surface area contributed by atoms with E-state index in [2.05, 4.69) is 55.9 Å². The molecule has 1 aromatic heterocycles. The van der Waals surface area contributed by atoms with Crippen LogP contribution in [0.3, 0.4) is 0 Å². The summed E-state index contributed by atoms with van der Waals surface area (Å²) in [7, 11) is 0. The van der Waals surface area contributed by atoms with E-state index < -0.39 is 0 Å². The summed E-state index contributed by atoms with van der Waals surface area (Å²) in [5.74, 6) is 0.759. The molecule has 2 nitrogen and oxygen atoms in total. The zero-order chi connectivity index (χ0) is 11.3. The maximum Gasteiger partial charge on any atom is 0.0361 e. The molecule has 0 aliphatic heterocycles. The van der Waals surface area contributed by atoms with Crippen LogP contribution < -0.4 is 5.32 Å². The Kier molecular flexibility index (Phi) is 4.89. The fraction of sp³-hybridized carbons (Fsp3) is 0.692. The summed E-state index contributed by atoms with van der Waals surface area (Å²) in [5, 5.41) is 3.46. The van der Waals surface area contributed by atoms with Crippen LogP contribution in [0.4, 0.5) is 0 Å². The lowest BCUT2D eigenvalue weighted by Gasteiger charge is -2.15. The first-order valence-corrected chi connectivity index (χ1v) is 6.00. The molecule has 1 N–H and O–H groups in total. The van der Waals surface area contributed by atoms with Gasteiger partial charge < -0.3 is 9.88 Å². The second-order valence-corrected chi connectivity index (χ2v) is 4.70. The van der Waals surface area contributed by atoms with Crippen molar-refractivity contribution in [1.29, 1.82) is 0 Å². The third-order valence-corrected chi connectivity index (χ3v) is 2.82. The lowest BCUT2D eigenvalue weighted by Crippen LogP contribution is -2.23. The van der Waals surface area contributed by atoms with Gasteiger partial charge in [-0.3, -0.25) is 0 Å². The third kappa shape index (κ3) is 4.08. The van der Waals surface area contributed by atoms with Gasteiger partial charge in [-0.1, -0.05) is 34.1 Å². The summed E-state index contributed by atoms with van der Waals surface area (Å²) in [6.45, 7) is 11.0. The lowest BCUT2D eigenvalue weighted by atomic mass is 10.1. The van der Waals surface area contributed by atoms with Crippen LogP contribution in [0.25, 0.3) is 0 Å². The summed E-state index contributed by atoms with van der Waals surface area (Å²) in [6.07, 6.45) is 3.43. The van der Waals surface area contributed by atoms with Gasteiger partial charge in [-0.15, -0.1) is 0 Å². The largest absolute Gasteiger partial charge is 0.350 e. The van der Waals surface area contributed by atoms with Gasteiger partial charge in [-0.25, -0.2) is 0 Å². The van der Waals surface area contributed by atoms with Gasteiger partial charge in [0.1, 0.15) is 0 Å². The molecular formula is C13H24N2. The number of nitrogens with zero attached hydrogens (tertiary/aromatic N) is 1. The molecule has 0 aromatic carbocycles. The van der Waals surface area contributed by atoms with E-state index in [4.69, 9.17) is 0 Å². The first kappa shape index (κ1) is 12.3. The Labute approximate surface area is 93.7 Å². The smallest absolute Gasteiger partial charge is 0.0361 e. The molecule has 0 radical (unpaired) electrons. The molecule has 15 heavy (non-hydrogen) atoms. The predicted octanol–water partition coefficient (Wildman–Crippen LogP) is 3.03. The molecule has 2 heteroatoms. The molecule has 1 rings (SSSR count). The van der Waals surface area contributed by atoms with Crippen molar-refractivity contribution in [1.82, 2.24) is 9.88 Å². The molecule has 1 atom stereocenters. The van der Waals surface area contributed by atoms with Gasteiger partial charge in [-0.2, -0.15) is 0 Å². The SMILES string of the molecule is CCC(C)Cn1cccc1CNC(C)C. The van der Waals surface area contributed by atoms with Gasteiger partial charge in [0, 0.05) is 31.0 Å². The van der Waals surface area contributed by atoms with E-state index >= 15 is 0 Å². The highest BCUT2D eigenvalue weighted by Crippen LogP contribution is 2.09. The number of nitrogens with one attached hydrogen (secondary N) is 1. The van der Waals surface area contributed by atoms with Crippen molar-refractivity contribution in [2.45, 2.75) is 53.2 Å². The molecule has 0 aliphatic rings. The van der Waals surface area contributed by atoms with Crippen molar-refractivity contribution in [3.63, 3.8) is 0 Å². The quantitative estimate of drug-likeness (QED) is 0.760. The molecule has 0 aliphatic carbocycles. The Morgan fingerprint density at radius 3 is 2.67 bits per heavy atom. The van der Waals surface area contributed by atoms with E-state index in [0.717, 1.165) is 19.0 Å². The lowest BCUT2D eigenvalue weighted by molar-refractivity contribution is 0.451. The van der Waals surface area contributed by atoms with Gasteiger partial charge in [0.25, 0.3) is 0 Å². The summed E-state index contributed by atoms with van der Waals surface area (Å²) >= 11 is 0. The van der Waals surface area contributed by atoms with Gasteiger partial charge in [0.2, 0.25) is 0 Å². The molecule has 0 spiro atoms. The Morgan fingerprint density at radius 2 is 2.07 bits per heavy atom. The average molecular weight is 208 g/mol. The van der Waals surface area contributed by atoms with Crippen LogP contribution in [0.15, 0.2) is 18.3 Å². The number of rotatable bonds is 6. The van der Waals surface area contributed by atoms with E-state index in [1.54, 1.807) is 0 Å². The Morgan fingerprint density at radius 1 is 1.33 bits per heavy atom. The second-order valence-electron chi connectivity index (χ2n) is 4.70. The van der Waals surface area contributed by atoms with E-state index in [1.165, 1.54) is 12.1 Å². The maximum absolute atomic E-state index is 3.46. The van der Waals surface area contributed by atoms with Gasteiger partial charge in [0.05, 0.1) is 0 Å². The fourth-order valence-corrected chi connectivity index (χ4v) is 1.56. The summed E-state index contributed by atoms with van der Waals surface area (Å²) in [4.78, 5) is 0. The Balaban J connectivity index is 2.53. The van der Waals surface area contributed by atoms with Crippen LogP contribution >= 0.6 is 0 Å². The van der Waals surface area contributed by atoms with E-state index in [9.17, 15) is 0 Å². The number of aromatic nitrogens is 1. The highest BCUT2D eigenvalue weighted by atomic mass is 15.0. The van der Waals surface area contributed by atoms with E-state index in [1.807, 2.05) is 0 Å². The molecule has 0 saturated carbocycles. The molecule has 1 heterocycles. The second kappa shape index (κ2) is 5.96. The minimum absolute atomic E-state index is 0.553. The van der Waals surface area contributed by atoms with Crippen molar-refractivity contribution in [2.75, 3.05) is 0 Å². The zero-order valence-electron chi connectivity index (χ0n) is 10.5. The zero-order valence-corrected chi connectivity index (χ0v) is 10.5. The highest BCUT2D eigenvalue weighted by molar-refractivity contribution is 5.07. The van der Waals surface area contributed by atoms with Crippen molar-refractivity contribution in [3.8, 4) is 0 Å².